The van der Waals surface area contributed by atoms with Crippen molar-refractivity contribution in [3.05, 3.63) is 20.8 Å². The normalized spacial score (nSPS) is 29.3. The Morgan fingerprint density at radius 2 is 2.19 bits per heavy atom. The second kappa shape index (κ2) is 5.56. The third-order valence-corrected chi connectivity index (χ3v) is 6.66. The fraction of sp³-hybridized carbons (Fsp3) is 0.688. The number of hydrogen-bond donors (Lipinski definition) is 1. The molecule has 21 heavy (non-hydrogen) atoms. The van der Waals surface area contributed by atoms with Crippen LogP contribution in [0.5, 0.6) is 0 Å². The van der Waals surface area contributed by atoms with Gasteiger partial charge < -0.3 is 10.2 Å². The van der Waals surface area contributed by atoms with Crippen LogP contribution in [0.25, 0.3) is 0 Å². The molecule has 114 valence electrons. The summed E-state index contributed by atoms with van der Waals surface area (Å²) in [7, 11) is 0. The molecule has 1 aromatic heterocycles. The van der Waals surface area contributed by atoms with Crippen LogP contribution < -0.4 is 5.32 Å². The first-order chi connectivity index (χ1) is 10.2. The average Bonchev–Trinajstić information content (AvgIpc) is 3.22. The molecule has 4 rings (SSSR count). The highest BCUT2D eigenvalue weighted by atomic mass is 35.5. The second-order valence-corrected chi connectivity index (χ2v) is 8.37. The number of amides is 1. The van der Waals surface area contributed by atoms with Crippen molar-refractivity contribution in [3.8, 4) is 0 Å². The number of carbonyl (C=O) groups excluding carboxylic acids is 1. The van der Waals surface area contributed by atoms with E-state index in [4.69, 9.17) is 11.6 Å². The van der Waals surface area contributed by atoms with Crippen LogP contribution in [0.2, 0.25) is 4.34 Å². The quantitative estimate of drug-likeness (QED) is 0.907. The molecule has 5 heteroatoms. The number of nitrogens with zero attached hydrogens (tertiary/aromatic N) is 1. The average molecular weight is 325 g/mol. The van der Waals surface area contributed by atoms with Gasteiger partial charge in [0.15, 0.2) is 0 Å². The van der Waals surface area contributed by atoms with Crippen LogP contribution in [0.1, 0.15) is 29.7 Å². The van der Waals surface area contributed by atoms with Gasteiger partial charge in [-0.25, -0.2) is 0 Å². The van der Waals surface area contributed by atoms with Gasteiger partial charge in [0.2, 0.25) is 5.91 Å². The summed E-state index contributed by atoms with van der Waals surface area (Å²) < 4.78 is 0.855. The Morgan fingerprint density at radius 1 is 1.38 bits per heavy atom. The van der Waals surface area contributed by atoms with Gasteiger partial charge in [0, 0.05) is 23.9 Å². The summed E-state index contributed by atoms with van der Waals surface area (Å²) in [6.07, 6.45) is 4.60. The number of rotatable bonds is 2. The molecule has 0 spiro atoms. The van der Waals surface area contributed by atoms with Gasteiger partial charge in [-0.15, -0.1) is 11.3 Å². The minimum atomic E-state index is 0.309. The maximum Gasteiger partial charge on any atom is 0.226 e. The minimum Gasteiger partial charge on any atom is -0.338 e. The molecule has 3 aliphatic rings. The Morgan fingerprint density at radius 3 is 3.00 bits per heavy atom. The highest BCUT2D eigenvalue weighted by Crippen LogP contribution is 2.48. The van der Waals surface area contributed by atoms with Gasteiger partial charge in [-0.1, -0.05) is 11.6 Å². The lowest BCUT2D eigenvalue weighted by molar-refractivity contribution is -0.134. The summed E-state index contributed by atoms with van der Waals surface area (Å²) in [5.74, 6) is 2.14. The number of fused-ring (bicyclic) bond motifs is 1. The van der Waals surface area contributed by atoms with Crippen LogP contribution in [0.3, 0.4) is 0 Å². The first kappa shape index (κ1) is 14.0. The van der Waals surface area contributed by atoms with Gasteiger partial charge in [-0.05, 0) is 62.2 Å². The zero-order valence-corrected chi connectivity index (χ0v) is 13.7. The molecule has 0 unspecified atom stereocenters. The lowest BCUT2D eigenvalue weighted by Crippen LogP contribution is -2.37. The SMILES string of the molecule is O=C([C@@H]1C[C@H]1C1CCNCC1)N1CCc2sc(Cl)cc2C1. The Balaban J connectivity index is 1.38. The standard InChI is InChI=1S/C16H21ClN2OS/c17-15-7-11-9-19(6-3-14(11)21-15)16(20)13-8-12(13)10-1-4-18-5-2-10/h7,10,12-13,18H,1-6,8-9H2/t12-,13+/m0/s1. The molecule has 2 aliphatic heterocycles. The molecular weight excluding hydrogens is 304 g/mol. The smallest absolute Gasteiger partial charge is 0.226 e. The van der Waals surface area contributed by atoms with Crippen molar-refractivity contribution in [2.24, 2.45) is 17.8 Å². The molecule has 1 saturated carbocycles. The van der Waals surface area contributed by atoms with Crippen molar-refractivity contribution < 1.29 is 4.79 Å². The van der Waals surface area contributed by atoms with E-state index in [0.717, 1.165) is 49.3 Å². The van der Waals surface area contributed by atoms with E-state index in [1.54, 1.807) is 11.3 Å². The van der Waals surface area contributed by atoms with Crippen LogP contribution in [-0.4, -0.2) is 30.4 Å². The first-order valence-corrected chi connectivity index (χ1v) is 9.18. The van der Waals surface area contributed by atoms with E-state index in [-0.39, 0.29) is 0 Å². The number of nitrogens with one attached hydrogen (secondary N) is 1. The molecule has 2 fully saturated rings. The lowest BCUT2D eigenvalue weighted by Gasteiger charge is -2.28. The molecule has 0 radical (unpaired) electrons. The summed E-state index contributed by atoms with van der Waals surface area (Å²) in [5, 5.41) is 3.41. The minimum absolute atomic E-state index is 0.309. The predicted octanol–water partition coefficient (Wildman–Crippen LogP) is 2.92. The van der Waals surface area contributed by atoms with E-state index < -0.39 is 0 Å². The molecular formula is C16H21ClN2OS. The van der Waals surface area contributed by atoms with Crippen molar-refractivity contribution >= 4 is 28.8 Å². The van der Waals surface area contributed by atoms with Crippen LogP contribution >= 0.6 is 22.9 Å². The maximum absolute atomic E-state index is 12.7. The van der Waals surface area contributed by atoms with Gasteiger partial charge in [-0.2, -0.15) is 0 Å². The molecule has 2 atom stereocenters. The number of thiophene rings is 1. The lowest BCUT2D eigenvalue weighted by atomic mass is 9.91. The third-order valence-electron chi connectivity index (χ3n) is 5.29. The highest BCUT2D eigenvalue weighted by Gasteiger charge is 2.49. The van der Waals surface area contributed by atoms with Crippen LogP contribution in [0, 0.1) is 17.8 Å². The largest absolute Gasteiger partial charge is 0.338 e. The van der Waals surface area contributed by atoms with Gasteiger partial charge in [0.25, 0.3) is 0 Å². The van der Waals surface area contributed by atoms with E-state index in [1.807, 2.05) is 6.07 Å². The molecule has 3 heterocycles. The van der Waals surface area contributed by atoms with Crippen LogP contribution in [-0.2, 0) is 17.8 Å². The molecule has 0 aromatic carbocycles. The number of carbonyl (C=O) groups is 1. The van der Waals surface area contributed by atoms with Crippen molar-refractivity contribution in [2.75, 3.05) is 19.6 Å². The molecule has 1 saturated heterocycles. The number of halogens is 1. The van der Waals surface area contributed by atoms with Gasteiger partial charge in [-0.3, -0.25) is 4.79 Å². The molecule has 0 bridgehead atoms. The molecule has 1 amide bonds. The number of hydrogen-bond acceptors (Lipinski definition) is 3. The molecule has 1 aromatic rings. The summed E-state index contributed by atoms with van der Waals surface area (Å²) in [6.45, 7) is 3.90. The van der Waals surface area contributed by atoms with Crippen molar-refractivity contribution in [3.63, 3.8) is 0 Å². The van der Waals surface area contributed by atoms with Crippen molar-refractivity contribution in [1.29, 1.82) is 0 Å². The Labute approximate surface area is 134 Å². The van der Waals surface area contributed by atoms with Gasteiger partial charge in [0.1, 0.15) is 0 Å². The molecule has 1 aliphatic carbocycles. The van der Waals surface area contributed by atoms with Crippen molar-refractivity contribution in [2.45, 2.75) is 32.2 Å². The van der Waals surface area contributed by atoms with Crippen LogP contribution in [0.15, 0.2) is 6.07 Å². The van der Waals surface area contributed by atoms with E-state index in [1.165, 1.54) is 23.3 Å². The topological polar surface area (TPSA) is 32.3 Å². The monoisotopic (exact) mass is 324 g/mol. The Hall–Kier alpha value is -0.580. The predicted molar refractivity (Wildman–Crippen MR) is 85.6 cm³/mol. The van der Waals surface area contributed by atoms with Crippen molar-refractivity contribution in [1.82, 2.24) is 10.2 Å². The Bertz CT molecular complexity index is 552. The van der Waals surface area contributed by atoms with Gasteiger partial charge >= 0.3 is 0 Å². The van der Waals surface area contributed by atoms with Gasteiger partial charge in [0.05, 0.1) is 4.34 Å². The summed E-state index contributed by atoms with van der Waals surface area (Å²) >= 11 is 7.76. The fourth-order valence-electron chi connectivity index (χ4n) is 4.01. The first-order valence-electron chi connectivity index (χ1n) is 7.99. The zero-order valence-electron chi connectivity index (χ0n) is 12.1. The number of piperidine rings is 1. The highest BCUT2D eigenvalue weighted by molar-refractivity contribution is 7.16. The molecule has 1 N–H and O–H groups in total. The van der Waals surface area contributed by atoms with E-state index >= 15 is 0 Å². The third kappa shape index (κ3) is 2.73. The maximum atomic E-state index is 12.7. The second-order valence-electron chi connectivity index (χ2n) is 6.60. The zero-order chi connectivity index (χ0) is 14.4. The summed E-state index contributed by atoms with van der Waals surface area (Å²) in [5.41, 5.74) is 1.27. The molecule has 3 nitrogen and oxygen atoms in total. The van der Waals surface area contributed by atoms with E-state index in [2.05, 4.69) is 10.2 Å². The fourth-order valence-corrected chi connectivity index (χ4v) is 5.31. The van der Waals surface area contributed by atoms with E-state index in [9.17, 15) is 4.79 Å². The van der Waals surface area contributed by atoms with E-state index in [0.29, 0.717) is 17.7 Å². The summed E-state index contributed by atoms with van der Waals surface area (Å²) in [6, 6.07) is 2.04. The Kier molecular flexibility index (Phi) is 3.72. The summed E-state index contributed by atoms with van der Waals surface area (Å²) in [4.78, 5) is 16.1. The van der Waals surface area contributed by atoms with Crippen LogP contribution in [0.4, 0.5) is 0 Å².